The smallest absolute Gasteiger partial charge is 0.403 e. The van der Waals surface area contributed by atoms with Crippen LogP contribution in [0.15, 0.2) is 0 Å². The molecule has 0 amide bonds. The highest BCUT2D eigenvalue weighted by Crippen LogP contribution is 2.61. The van der Waals surface area contributed by atoms with Gasteiger partial charge in [0, 0.05) is 0 Å². The van der Waals surface area contributed by atoms with Crippen molar-refractivity contribution in [1.82, 2.24) is 0 Å². The summed E-state index contributed by atoms with van der Waals surface area (Å²) < 4.78 is 12.0. The van der Waals surface area contributed by atoms with Crippen molar-refractivity contribution in [2.45, 2.75) is 65.0 Å². The zero-order valence-corrected chi connectivity index (χ0v) is 10.2. The average Bonchev–Trinajstić information content (AvgIpc) is 2.49. The van der Waals surface area contributed by atoms with Gasteiger partial charge in [-0.15, -0.1) is 0 Å². The molecule has 0 unspecified atom stereocenters. The Morgan fingerprint density at radius 1 is 0.929 bits per heavy atom. The first-order valence-corrected chi connectivity index (χ1v) is 5.51. The monoisotopic (exact) mass is 196 g/mol. The zero-order valence-electron chi connectivity index (χ0n) is 10.2. The van der Waals surface area contributed by atoms with Gasteiger partial charge in [0.15, 0.2) is 0 Å². The van der Waals surface area contributed by atoms with Gasteiger partial charge in [0.25, 0.3) is 0 Å². The Hall–Kier alpha value is -0.0151. The Bertz CT molecular complexity index is 242. The van der Waals surface area contributed by atoms with Gasteiger partial charge in [-0.1, -0.05) is 13.8 Å². The quantitative estimate of drug-likeness (QED) is 0.600. The maximum atomic E-state index is 6.00. The fourth-order valence-electron chi connectivity index (χ4n) is 2.03. The molecule has 2 aliphatic rings. The van der Waals surface area contributed by atoms with E-state index in [1.54, 1.807) is 0 Å². The lowest BCUT2D eigenvalue weighted by Crippen LogP contribution is -2.41. The Kier molecular flexibility index (Phi) is 1.92. The Morgan fingerprint density at radius 2 is 1.29 bits per heavy atom. The van der Waals surface area contributed by atoms with Crippen molar-refractivity contribution in [3.63, 3.8) is 0 Å². The van der Waals surface area contributed by atoms with Crippen molar-refractivity contribution in [2.75, 3.05) is 0 Å². The van der Waals surface area contributed by atoms with Crippen LogP contribution in [-0.2, 0) is 9.31 Å². The van der Waals surface area contributed by atoms with Crippen LogP contribution < -0.4 is 0 Å². The normalized spacial score (nSPS) is 37.3. The van der Waals surface area contributed by atoms with E-state index >= 15 is 0 Å². The summed E-state index contributed by atoms with van der Waals surface area (Å²) in [6, 6.07) is 0. The van der Waals surface area contributed by atoms with Crippen molar-refractivity contribution < 1.29 is 9.31 Å². The molecule has 3 heteroatoms. The molecule has 2 rings (SSSR count). The van der Waals surface area contributed by atoms with Crippen LogP contribution in [-0.4, -0.2) is 18.3 Å². The molecule has 0 spiro atoms. The van der Waals surface area contributed by atoms with Gasteiger partial charge < -0.3 is 9.31 Å². The third-order valence-corrected chi connectivity index (χ3v) is 4.19. The molecule has 0 aromatic carbocycles. The Balaban J connectivity index is 2.08. The summed E-state index contributed by atoms with van der Waals surface area (Å²) in [5.41, 5.74) is 0.0772. The van der Waals surface area contributed by atoms with E-state index in [4.69, 9.17) is 9.31 Å². The van der Waals surface area contributed by atoms with E-state index in [1.807, 2.05) is 0 Å². The van der Waals surface area contributed by atoms with Crippen molar-refractivity contribution >= 4 is 7.12 Å². The minimum Gasteiger partial charge on any atom is -0.403 e. The first kappa shape index (κ1) is 10.5. The van der Waals surface area contributed by atoms with Gasteiger partial charge >= 0.3 is 7.12 Å². The molecule has 2 fully saturated rings. The topological polar surface area (TPSA) is 18.5 Å². The molecule has 1 heterocycles. The highest BCUT2D eigenvalue weighted by atomic mass is 16.7. The highest BCUT2D eigenvalue weighted by molar-refractivity contribution is 6.49. The van der Waals surface area contributed by atoms with Gasteiger partial charge in [-0.05, 0) is 45.3 Å². The van der Waals surface area contributed by atoms with E-state index < -0.39 is 0 Å². The van der Waals surface area contributed by atoms with Crippen LogP contribution in [0.4, 0.5) is 0 Å². The molecule has 1 saturated heterocycles. The second-order valence-electron chi connectivity index (χ2n) is 6.42. The first-order chi connectivity index (χ1) is 6.16. The minimum atomic E-state index is -0.170. The van der Waals surface area contributed by atoms with E-state index in [-0.39, 0.29) is 18.3 Å². The highest BCUT2D eigenvalue weighted by Gasteiger charge is 2.62. The molecule has 14 heavy (non-hydrogen) atoms. The zero-order chi connectivity index (χ0) is 10.8. The maximum absolute atomic E-state index is 6.00. The lowest BCUT2D eigenvalue weighted by atomic mass is 9.78. The summed E-state index contributed by atoms with van der Waals surface area (Å²) in [5, 5.41) is 0. The summed E-state index contributed by atoms with van der Waals surface area (Å²) in [6.07, 6.45) is 1.23. The molecule has 0 bridgehead atoms. The number of hydrogen-bond donors (Lipinski definition) is 0. The molecule has 1 aliphatic carbocycles. The second kappa shape index (κ2) is 2.56. The van der Waals surface area contributed by atoms with E-state index in [1.165, 1.54) is 6.42 Å². The fraction of sp³-hybridized carbons (Fsp3) is 1.00. The predicted octanol–water partition coefficient (Wildman–Crippen LogP) is 2.88. The van der Waals surface area contributed by atoms with Crippen LogP contribution in [0.3, 0.4) is 0 Å². The average molecular weight is 196 g/mol. The van der Waals surface area contributed by atoms with Crippen LogP contribution in [0, 0.1) is 5.41 Å². The molecular weight excluding hydrogens is 175 g/mol. The van der Waals surface area contributed by atoms with Gasteiger partial charge in [0.2, 0.25) is 0 Å². The van der Waals surface area contributed by atoms with Crippen molar-refractivity contribution in [2.24, 2.45) is 5.41 Å². The lowest BCUT2D eigenvalue weighted by molar-refractivity contribution is 0.00578. The molecule has 0 aromatic heterocycles. The second-order valence-corrected chi connectivity index (χ2v) is 6.42. The van der Waals surface area contributed by atoms with Crippen LogP contribution in [0.1, 0.15) is 48.0 Å². The van der Waals surface area contributed by atoms with Crippen LogP contribution in [0.25, 0.3) is 0 Å². The van der Waals surface area contributed by atoms with E-state index in [0.29, 0.717) is 11.2 Å². The summed E-state index contributed by atoms with van der Waals surface area (Å²) in [4.78, 5) is 0. The molecule has 1 aliphatic heterocycles. The van der Waals surface area contributed by atoms with Gasteiger partial charge in [-0.25, -0.2) is 0 Å². The lowest BCUT2D eigenvalue weighted by Gasteiger charge is -2.32. The molecular formula is C11H21BO2. The first-order valence-electron chi connectivity index (χ1n) is 5.51. The summed E-state index contributed by atoms with van der Waals surface area (Å²) in [7, 11) is 0.00926. The van der Waals surface area contributed by atoms with Crippen LogP contribution >= 0.6 is 0 Å². The Labute approximate surface area is 87.5 Å². The van der Waals surface area contributed by atoms with E-state index in [0.717, 1.165) is 0 Å². The summed E-state index contributed by atoms with van der Waals surface area (Å²) >= 11 is 0. The van der Waals surface area contributed by atoms with Gasteiger partial charge in [0.1, 0.15) is 0 Å². The van der Waals surface area contributed by atoms with Crippen molar-refractivity contribution in [3.05, 3.63) is 0 Å². The van der Waals surface area contributed by atoms with Crippen molar-refractivity contribution in [1.29, 1.82) is 0 Å². The van der Waals surface area contributed by atoms with Crippen LogP contribution in [0.2, 0.25) is 5.82 Å². The minimum absolute atomic E-state index is 0.00926. The SMILES string of the molecule is CC1(C)C[C@@H]1B1OC(C)(C)C(C)(C)O1. The van der Waals surface area contributed by atoms with Gasteiger partial charge in [-0.2, -0.15) is 0 Å². The summed E-state index contributed by atoms with van der Waals surface area (Å²) in [6.45, 7) is 13.0. The standard InChI is InChI=1S/C11H21BO2/c1-9(2)7-8(9)12-13-10(3,4)11(5,6)14-12/h8H,7H2,1-6H3/t8-/m0/s1. The van der Waals surface area contributed by atoms with E-state index in [2.05, 4.69) is 41.5 Å². The molecule has 1 saturated carbocycles. The molecule has 1 atom stereocenters. The number of rotatable bonds is 1. The maximum Gasteiger partial charge on any atom is 0.461 e. The third kappa shape index (κ3) is 1.41. The van der Waals surface area contributed by atoms with Gasteiger partial charge in [-0.3, -0.25) is 0 Å². The molecule has 2 nitrogen and oxygen atoms in total. The van der Waals surface area contributed by atoms with Gasteiger partial charge in [0.05, 0.1) is 11.2 Å². The largest absolute Gasteiger partial charge is 0.461 e. The molecule has 0 N–H and O–H groups in total. The predicted molar refractivity (Wildman–Crippen MR) is 58.2 cm³/mol. The van der Waals surface area contributed by atoms with E-state index in [9.17, 15) is 0 Å². The molecule has 80 valence electrons. The van der Waals surface area contributed by atoms with Crippen molar-refractivity contribution in [3.8, 4) is 0 Å². The molecule has 0 radical (unpaired) electrons. The fourth-order valence-corrected chi connectivity index (χ4v) is 2.03. The summed E-state index contributed by atoms with van der Waals surface area (Å²) in [5.74, 6) is 0.587. The number of hydrogen-bond acceptors (Lipinski definition) is 2. The van der Waals surface area contributed by atoms with Crippen LogP contribution in [0.5, 0.6) is 0 Å². The third-order valence-electron chi connectivity index (χ3n) is 4.19. The molecule has 0 aromatic rings. The Morgan fingerprint density at radius 3 is 1.57 bits per heavy atom.